The molecule has 0 saturated carbocycles. The van der Waals surface area contributed by atoms with Crippen LogP contribution in [0.15, 0.2) is 84.0 Å². The summed E-state index contributed by atoms with van der Waals surface area (Å²) in [5.74, 6) is 0.846. The summed E-state index contributed by atoms with van der Waals surface area (Å²) in [7, 11) is 0. The Morgan fingerprint density at radius 1 is 1.02 bits per heavy atom. The number of phenolic OH excluding ortho intramolecular Hbond substituents is 1. The summed E-state index contributed by atoms with van der Waals surface area (Å²) in [4.78, 5) is 14.8. The van der Waals surface area contributed by atoms with Crippen molar-refractivity contribution >= 4 is 34.5 Å². The van der Waals surface area contributed by atoms with E-state index in [1.54, 1.807) is 6.21 Å². The van der Waals surface area contributed by atoms with Gasteiger partial charge in [0.05, 0.1) is 11.2 Å². The largest absolute Gasteiger partial charge is 0.506 e. The molecule has 40 heavy (non-hydrogen) atoms. The summed E-state index contributed by atoms with van der Waals surface area (Å²) >= 11 is 5.90. The Hall–Kier alpha value is -3.87. The maximum Gasteiger partial charge on any atom is 0.271 e. The van der Waals surface area contributed by atoms with E-state index < -0.39 is 5.91 Å². The molecule has 7 heteroatoms. The predicted molar refractivity (Wildman–Crippen MR) is 164 cm³/mol. The first-order valence-corrected chi connectivity index (χ1v) is 14.0. The zero-order valence-electron chi connectivity index (χ0n) is 23.2. The molecule has 0 heterocycles. The van der Waals surface area contributed by atoms with Crippen molar-refractivity contribution in [2.24, 2.45) is 5.10 Å². The monoisotopic (exact) mass is 557 g/mol. The van der Waals surface area contributed by atoms with Crippen molar-refractivity contribution in [1.29, 1.82) is 0 Å². The second-order valence-corrected chi connectivity index (χ2v) is 10.5. The predicted octanol–water partition coefficient (Wildman–Crippen LogP) is 7.38. The second kappa shape index (κ2) is 14.0. The zero-order valence-corrected chi connectivity index (χ0v) is 24.0. The molecule has 0 aromatic heterocycles. The third-order valence-corrected chi connectivity index (χ3v) is 7.06. The van der Waals surface area contributed by atoms with Gasteiger partial charge in [-0.2, -0.15) is 5.10 Å². The highest BCUT2D eigenvalue weighted by atomic mass is 35.5. The molecule has 208 valence electrons. The van der Waals surface area contributed by atoms with Crippen molar-refractivity contribution in [3.63, 3.8) is 0 Å². The minimum absolute atomic E-state index is 0.0787. The topological polar surface area (TPSA) is 74.2 Å². The SMILES string of the molecule is CCCN(CCOc1ccc(/C=N\NC(=O)c2ccc(O)c(Cl)c2)c2ccccc12)Cc1ccc(C(C)C)cc1. The molecule has 2 N–H and O–H groups in total. The van der Waals surface area contributed by atoms with Gasteiger partial charge in [-0.3, -0.25) is 9.69 Å². The number of hydrazone groups is 1. The first-order chi connectivity index (χ1) is 19.4. The van der Waals surface area contributed by atoms with Gasteiger partial charge in [-0.1, -0.05) is 80.9 Å². The number of phenols is 1. The van der Waals surface area contributed by atoms with E-state index in [0.717, 1.165) is 48.1 Å². The number of rotatable bonds is 12. The number of benzene rings is 4. The standard InChI is InChI=1S/C33H36ClN3O3/c1-4-17-37(22-24-9-11-25(12-10-24)23(2)3)18-19-40-32-16-14-27(28-7-5-6-8-29(28)32)21-35-36-33(39)26-13-15-31(38)30(34)20-26/h5-16,20-21,23,38H,4,17-19,22H2,1-3H3,(H,36,39)/b35-21-. The van der Waals surface area contributed by atoms with Crippen LogP contribution >= 0.6 is 11.6 Å². The molecule has 1 amide bonds. The maximum absolute atomic E-state index is 12.4. The number of nitrogens with zero attached hydrogens (tertiary/aromatic N) is 2. The van der Waals surface area contributed by atoms with Crippen LogP contribution < -0.4 is 10.2 Å². The van der Waals surface area contributed by atoms with E-state index in [1.165, 1.54) is 29.3 Å². The summed E-state index contributed by atoms with van der Waals surface area (Å²) in [6.45, 7) is 9.93. The molecule has 4 aromatic rings. The number of carbonyl (C=O) groups excluding carboxylic acids is 1. The van der Waals surface area contributed by atoms with Gasteiger partial charge in [0.25, 0.3) is 5.91 Å². The van der Waals surface area contributed by atoms with E-state index in [-0.39, 0.29) is 10.8 Å². The normalized spacial score (nSPS) is 11.6. The van der Waals surface area contributed by atoms with Gasteiger partial charge in [-0.15, -0.1) is 0 Å². The van der Waals surface area contributed by atoms with Crippen LogP contribution in [0.2, 0.25) is 5.02 Å². The fourth-order valence-corrected chi connectivity index (χ4v) is 4.72. The van der Waals surface area contributed by atoms with E-state index >= 15 is 0 Å². The van der Waals surface area contributed by atoms with E-state index in [1.807, 2.05) is 36.4 Å². The number of ether oxygens (including phenoxy) is 1. The number of amides is 1. The molecule has 0 fully saturated rings. The van der Waals surface area contributed by atoms with Gasteiger partial charge < -0.3 is 9.84 Å². The molecule has 0 bridgehead atoms. The van der Waals surface area contributed by atoms with Crippen LogP contribution in [0.5, 0.6) is 11.5 Å². The lowest BCUT2D eigenvalue weighted by molar-refractivity contribution is 0.0955. The van der Waals surface area contributed by atoms with Crippen molar-refractivity contribution in [2.45, 2.75) is 39.7 Å². The highest BCUT2D eigenvalue weighted by molar-refractivity contribution is 6.32. The van der Waals surface area contributed by atoms with E-state index in [9.17, 15) is 9.90 Å². The number of hydrogen-bond donors (Lipinski definition) is 2. The van der Waals surface area contributed by atoms with Crippen molar-refractivity contribution in [3.05, 3.63) is 106 Å². The third kappa shape index (κ3) is 7.62. The molecule has 6 nitrogen and oxygen atoms in total. The molecule has 0 atom stereocenters. The van der Waals surface area contributed by atoms with Crippen LogP contribution in [-0.4, -0.2) is 41.8 Å². The zero-order chi connectivity index (χ0) is 28.5. The molecule has 4 rings (SSSR count). The number of halogens is 1. The highest BCUT2D eigenvalue weighted by Gasteiger charge is 2.10. The van der Waals surface area contributed by atoms with Gasteiger partial charge in [0.15, 0.2) is 0 Å². The maximum atomic E-state index is 12.4. The van der Waals surface area contributed by atoms with Crippen LogP contribution in [0.1, 0.15) is 60.2 Å². The lowest BCUT2D eigenvalue weighted by Gasteiger charge is -2.22. The van der Waals surface area contributed by atoms with Crippen LogP contribution in [0, 0.1) is 0 Å². The van der Waals surface area contributed by atoms with Crippen molar-refractivity contribution in [2.75, 3.05) is 19.7 Å². The van der Waals surface area contributed by atoms with Crippen LogP contribution in [0.4, 0.5) is 0 Å². The van der Waals surface area contributed by atoms with Crippen molar-refractivity contribution < 1.29 is 14.6 Å². The van der Waals surface area contributed by atoms with E-state index in [2.05, 4.69) is 60.5 Å². The van der Waals surface area contributed by atoms with Gasteiger partial charge in [-0.05, 0) is 65.7 Å². The molecule has 0 saturated heterocycles. The summed E-state index contributed by atoms with van der Waals surface area (Å²) in [6, 6.07) is 25.0. The fraction of sp³-hybridized carbons (Fsp3) is 0.273. The summed E-state index contributed by atoms with van der Waals surface area (Å²) in [6.07, 6.45) is 2.69. The Morgan fingerprint density at radius 3 is 2.48 bits per heavy atom. The molecular weight excluding hydrogens is 522 g/mol. The van der Waals surface area contributed by atoms with Crippen molar-refractivity contribution in [3.8, 4) is 11.5 Å². The fourth-order valence-electron chi connectivity index (χ4n) is 4.54. The van der Waals surface area contributed by atoms with E-state index in [4.69, 9.17) is 16.3 Å². The molecule has 0 aliphatic carbocycles. The number of aromatic hydroxyl groups is 1. The van der Waals surface area contributed by atoms with Crippen LogP contribution in [0.3, 0.4) is 0 Å². The lowest BCUT2D eigenvalue weighted by atomic mass is 10.0. The second-order valence-electron chi connectivity index (χ2n) is 10.1. The van der Waals surface area contributed by atoms with E-state index in [0.29, 0.717) is 18.1 Å². The lowest BCUT2D eigenvalue weighted by Crippen LogP contribution is -2.29. The summed E-state index contributed by atoms with van der Waals surface area (Å²) < 4.78 is 6.27. The average Bonchev–Trinajstić information content (AvgIpc) is 2.95. The van der Waals surface area contributed by atoms with Gasteiger partial charge in [0, 0.05) is 29.6 Å². The Bertz CT molecular complexity index is 1470. The highest BCUT2D eigenvalue weighted by Crippen LogP contribution is 2.28. The van der Waals surface area contributed by atoms with Gasteiger partial charge in [0.1, 0.15) is 18.1 Å². The minimum Gasteiger partial charge on any atom is -0.506 e. The molecule has 0 unspecified atom stereocenters. The third-order valence-electron chi connectivity index (χ3n) is 6.75. The number of hydrogen-bond acceptors (Lipinski definition) is 5. The Balaban J connectivity index is 1.39. The molecule has 0 radical (unpaired) electrons. The molecular formula is C33H36ClN3O3. The summed E-state index contributed by atoms with van der Waals surface area (Å²) in [5, 5.41) is 15.8. The van der Waals surface area contributed by atoms with Crippen LogP contribution in [-0.2, 0) is 6.54 Å². The Labute approximate surface area is 241 Å². The molecule has 0 aliphatic heterocycles. The minimum atomic E-state index is -0.421. The van der Waals surface area contributed by atoms with Crippen molar-refractivity contribution in [1.82, 2.24) is 10.3 Å². The smallest absolute Gasteiger partial charge is 0.271 e. The first-order valence-electron chi connectivity index (χ1n) is 13.6. The first kappa shape index (κ1) is 29.1. The van der Waals surface area contributed by atoms with Gasteiger partial charge in [-0.25, -0.2) is 5.43 Å². The average molecular weight is 558 g/mol. The molecule has 0 spiro atoms. The number of nitrogens with one attached hydrogen (secondary N) is 1. The molecule has 0 aliphatic rings. The molecule has 4 aromatic carbocycles. The summed E-state index contributed by atoms with van der Waals surface area (Å²) in [5.41, 5.74) is 6.34. The van der Waals surface area contributed by atoms with Gasteiger partial charge >= 0.3 is 0 Å². The number of carbonyl (C=O) groups is 1. The Morgan fingerprint density at radius 2 is 1.77 bits per heavy atom. The quantitative estimate of drug-likeness (QED) is 0.141. The number of fused-ring (bicyclic) bond motifs is 1. The Kier molecular flexibility index (Phi) is 10.2. The van der Waals surface area contributed by atoms with Crippen LogP contribution in [0.25, 0.3) is 10.8 Å². The van der Waals surface area contributed by atoms with Gasteiger partial charge in [0.2, 0.25) is 0 Å².